The molecule has 1 aliphatic heterocycles. The van der Waals surface area contributed by atoms with Crippen molar-refractivity contribution in [3.8, 4) is 0 Å². The number of hydrogen-bond donors (Lipinski definition) is 2. The number of aromatic nitrogens is 1. The molecular formula is C26H26FIN4O2. The maximum absolute atomic E-state index is 14.3. The molecule has 176 valence electrons. The normalized spacial score (nSPS) is 14.0. The lowest BCUT2D eigenvalue weighted by atomic mass is 10.0. The summed E-state index contributed by atoms with van der Waals surface area (Å²) in [5, 5.41) is 6.10. The first-order valence-electron chi connectivity index (χ1n) is 11.2. The lowest BCUT2D eigenvalue weighted by Crippen LogP contribution is -2.47. The summed E-state index contributed by atoms with van der Waals surface area (Å²) in [6.45, 7) is 3.09. The Morgan fingerprint density at radius 2 is 1.82 bits per heavy atom. The number of halogens is 2. The van der Waals surface area contributed by atoms with Crippen LogP contribution in [0.1, 0.15) is 34.3 Å². The molecule has 2 heterocycles. The van der Waals surface area contributed by atoms with E-state index in [1.807, 2.05) is 53.8 Å². The number of nitrogens with one attached hydrogen (secondary N) is 2. The molecule has 1 aliphatic rings. The van der Waals surface area contributed by atoms with Gasteiger partial charge in [-0.15, -0.1) is 0 Å². The van der Waals surface area contributed by atoms with Crippen molar-refractivity contribution in [3.05, 3.63) is 87.0 Å². The maximum atomic E-state index is 14.3. The van der Waals surface area contributed by atoms with Crippen LogP contribution >= 0.6 is 22.6 Å². The zero-order chi connectivity index (χ0) is 24.1. The predicted molar refractivity (Wildman–Crippen MR) is 139 cm³/mol. The minimum atomic E-state index is -0.392. The standard InChI is InChI=1S/C26H26FIN4O2/c1-17-2-4-18(5-3-17)14-25(33)30-20-9-12-32(13-10-20)26(34)21-8-11-29-16-24(21)31-23-7-6-19(28)15-22(23)27/h2-8,11,15-16,20,31H,9-10,12-14H2,1H3,(H,30,33). The van der Waals surface area contributed by atoms with Gasteiger partial charge in [0.15, 0.2) is 0 Å². The van der Waals surface area contributed by atoms with Crippen LogP contribution in [-0.4, -0.2) is 40.8 Å². The molecule has 0 radical (unpaired) electrons. The number of pyridine rings is 1. The number of benzene rings is 2. The van der Waals surface area contributed by atoms with Gasteiger partial charge >= 0.3 is 0 Å². The monoisotopic (exact) mass is 572 g/mol. The molecule has 1 fully saturated rings. The molecule has 0 bridgehead atoms. The van der Waals surface area contributed by atoms with Crippen molar-refractivity contribution in [2.75, 3.05) is 18.4 Å². The molecule has 1 aromatic heterocycles. The topological polar surface area (TPSA) is 74.3 Å². The first kappa shape index (κ1) is 24.1. The van der Waals surface area contributed by atoms with Crippen molar-refractivity contribution in [2.45, 2.75) is 32.2 Å². The molecule has 2 N–H and O–H groups in total. The van der Waals surface area contributed by atoms with Gasteiger partial charge in [-0.2, -0.15) is 0 Å². The molecule has 2 amide bonds. The summed E-state index contributed by atoms with van der Waals surface area (Å²) >= 11 is 2.05. The van der Waals surface area contributed by atoms with Gasteiger partial charge in [0.05, 0.1) is 29.6 Å². The van der Waals surface area contributed by atoms with Gasteiger partial charge in [-0.05, 0) is 72.2 Å². The van der Waals surface area contributed by atoms with E-state index in [1.54, 1.807) is 29.3 Å². The van der Waals surface area contributed by atoms with Crippen molar-refractivity contribution >= 4 is 45.8 Å². The van der Waals surface area contributed by atoms with Gasteiger partial charge < -0.3 is 15.5 Å². The van der Waals surface area contributed by atoms with Gasteiger partial charge in [-0.1, -0.05) is 29.8 Å². The lowest BCUT2D eigenvalue weighted by molar-refractivity contribution is -0.121. The van der Waals surface area contributed by atoms with E-state index in [4.69, 9.17) is 0 Å². The Morgan fingerprint density at radius 1 is 1.09 bits per heavy atom. The zero-order valence-electron chi connectivity index (χ0n) is 18.9. The maximum Gasteiger partial charge on any atom is 0.256 e. The number of likely N-dealkylation sites (tertiary alicyclic amines) is 1. The van der Waals surface area contributed by atoms with Gasteiger partial charge in [0.25, 0.3) is 5.91 Å². The molecule has 0 saturated carbocycles. The largest absolute Gasteiger partial charge is 0.353 e. The molecular weight excluding hydrogens is 546 g/mol. The fourth-order valence-electron chi connectivity index (χ4n) is 3.98. The second kappa shape index (κ2) is 10.9. The number of aryl methyl sites for hydroxylation is 1. The summed E-state index contributed by atoms with van der Waals surface area (Å²) in [5.74, 6) is -0.537. The Balaban J connectivity index is 1.34. The molecule has 8 heteroatoms. The molecule has 0 spiro atoms. The zero-order valence-corrected chi connectivity index (χ0v) is 21.0. The van der Waals surface area contributed by atoms with Crippen LogP contribution in [-0.2, 0) is 11.2 Å². The molecule has 34 heavy (non-hydrogen) atoms. The Kier molecular flexibility index (Phi) is 7.77. The van der Waals surface area contributed by atoms with E-state index in [-0.39, 0.29) is 23.5 Å². The fourth-order valence-corrected chi connectivity index (χ4v) is 4.44. The first-order valence-corrected chi connectivity index (χ1v) is 12.3. The number of carbonyl (C=O) groups excluding carboxylic acids is 2. The van der Waals surface area contributed by atoms with E-state index in [9.17, 15) is 14.0 Å². The van der Waals surface area contributed by atoms with Crippen LogP contribution in [0.5, 0.6) is 0 Å². The highest BCUT2D eigenvalue weighted by atomic mass is 127. The highest BCUT2D eigenvalue weighted by Crippen LogP contribution is 2.25. The van der Waals surface area contributed by atoms with Crippen LogP contribution in [0.3, 0.4) is 0 Å². The van der Waals surface area contributed by atoms with E-state index in [2.05, 4.69) is 15.6 Å². The quantitative estimate of drug-likeness (QED) is 0.415. The molecule has 0 atom stereocenters. The summed E-state index contributed by atoms with van der Waals surface area (Å²) in [7, 11) is 0. The predicted octanol–water partition coefficient (Wildman–Crippen LogP) is 4.84. The van der Waals surface area contributed by atoms with Crippen molar-refractivity contribution in [2.24, 2.45) is 0 Å². The number of piperidine rings is 1. The highest BCUT2D eigenvalue weighted by molar-refractivity contribution is 14.1. The second-order valence-electron chi connectivity index (χ2n) is 8.47. The third-order valence-electron chi connectivity index (χ3n) is 5.88. The van der Waals surface area contributed by atoms with Gasteiger partial charge in [-0.25, -0.2) is 4.39 Å². The van der Waals surface area contributed by atoms with Crippen LogP contribution in [0.25, 0.3) is 0 Å². The summed E-state index contributed by atoms with van der Waals surface area (Å²) in [6.07, 6.45) is 4.81. The molecule has 6 nitrogen and oxygen atoms in total. The van der Waals surface area contributed by atoms with Crippen LogP contribution < -0.4 is 10.6 Å². The van der Waals surface area contributed by atoms with Gasteiger partial charge in [0, 0.05) is 28.9 Å². The smallest absolute Gasteiger partial charge is 0.256 e. The SMILES string of the molecule is Cc1ccc(CC(=O)NC2CCN(C(=O)c3ccncc3Nc3ccc(I)cc3F)CC2)cc1. The summed E-state index contributed by atoms with van der Waals surface area (Å²) in [4.78, 5) is 31.5. The van der Waals surface area contributed by atoms with E-state index in [0.717, 1.165) is 14.7 Å². The van der Waals surface area contributed by atoms with Crippen molar-refractivity contribution in [1.82, 2.24) is 15.2 Å². The van der Waals surface area contributed by atoms with Crippen molar-refractivity contribution in [1.29, 1.82) is 0 Å². The van der Waals surface area contributed by atoms with Gasteiger partial charge in [0.1, 0.15) is 5.82 Å². The van der Waals surface area contributed by atoms with Crippen molar-refractivity contribution in [3.63, 3.8) is 0 Å². The number of amides is 2. The molecule has 0 unspecified atom stereocenters. The Labute approximate surface area is 212 Å². The number of nitrogens with zero attached hydrogens (tertiary/aromatic N) is 2. The third kappa shape index (κ3) is 6.11. The summed E-state index contributed by atoms with van der Waals surface area (Å²) in [5.41, 5.74) is 3.34. The molecule has 3 aromatic rings. The highest BCUT2D eigenvalue weighted by Gasteiger charge is 2.26. The number of anilines is 2. The molecule has 0 aliphatic carbocycles. The van der Waals surface area contributed by atoms with Gasteiger partial charge in [0.2, 0.25) is 5.91 Å². The van der Waals surface area contributed by atoms with Crippen LogP contribution in [0.15, 0.2) is 60.9 Å². The van der Waals surface area contributed by atoms with Crippen LogP contribution in [0.4, 0.5) is 15.8 Å². The summed E-state index contributed by atoms with van der Waals surface area (Å²) in [6, 6.07) is 14.5. The number of hydrogen-bond acceptors (Lipinski definition) is 4. The fraction of sp³-hybridized carbons (Fsp3) is 0.269. The van der Waals surface area contributed by atoms with Crippen LogP contribution in [0.2, 0.25) is 0 Å². The van der Waals surface area contributed by atoms with E-state index >= 15 is 0 Å². The lowest BCUT2D eigenvalue weighted by Gasteiger charge is -2.33. The van der Waals surface area contributed by atoms with E-state index in [1.165, 1.54) is 12.3 Å². The Hall–Kier alpha value is -3.01. The van der Waals surface area contributed by atoms with Crippen molar-refractivity contribution < 1.29 is 14.0 Å². The van der Waals surface area contributed by atoms with Gasteiger partial charge in [-0.3, -0.25) is 14.6 Å². The average Bonchev–Trinajstić information content (AvgIpc) is 2.83. The van der Waals surface area contributed by atoms with Crippen LogP contribution in [0, 0.1) is 16.3 Å². The molecule has 2 aromatic carbocycles. The number of carbonyl (C=O) groups is 2. The minimum absolute atomic E-state index is 0.00574. The Morgan fingerprint density at radius 3 is 2.53 bits per heavy atom. The van der Waals surface area contributed by atoms with E-state index in [0.29, 0.717) is 43.6 Å². The molecule has 1 saturated heterocycles. The first-order chi connectivity index (χ1) is 16.4. The third-order valence-corrected chi connectivity index (χ3v) is 6.56. The molecule has 4 rings (SSSR count). The minimum Gasteiger partial charge on any atom is -0.353 e. The second-order valence-corrected chi connectivity index (χ2v) is 9.71. The van der Waals surface area contributed by atoms with E-state index < -0.39 is 5.82 Å². The Bertz CT molecular complexity index is 1180. The summed E-state index contributed by atoms with van der Waals surface area (Å²) < 4.78 is 15.1. The number of rotatable bonds is 6. The average molecular weight is 572 g/mol.